The van der Waals surface area contributed by atoms with Gasteiger partial charge in [-0.3, -0.25) is 4.79 Å². The smallest absolute Gasteiger partial charge is 0.258 e. The molecule has 0 aliphatic carbocycles. The van der Waals surface area contributed by atoms with Crippen LogP contribution in [0.25, 0.3) is 0 Å². The minimum atomic E-state index is -0.108. The molecule has 1 aromatic rings. The predicted octanol–water partition coefficient (Wildman–Crippen LogP) is 2.07. The third-order valence-electron chi connectivity index (χ3n) is 2.20. The number of ether oxygens (including phenoxy) is 1. The lowest BCUT2D eigenvalue weighted by Crippen LogP contribution is -2.34. The first kappa shape index (κ1) is 15.0. The zero-order valence-electron chi connectivity index (χ0n) is 10.9. The molecule has 0 heterocycles. The molecule has 2 N–H and O–H groups in total. The fourth-order valence-electron chi connectivity index (χ4n) is 1.52. The quantitative estimate of drug-likeness (QED) is 0.845. The fraction of sp³-hybridized carbons (Fsp3) is 0.462. The summed E-state index contributed by atoms with van der Waals surface area (Å²) < 4.78 is 6.53. The van der Waals surface area contributed by atoms with E-state index < -0.39 is 0 Å². The molecular formula is C13H19BrN2O2. The van der Waals surface area contributed by atoms with E-state index in [-0.39, 0.29) is 18.6 Å². The molecule has 0 aromatic heterocycles. The Morgan fingerprint density at radius 2 is 2.17 bits per heavy atom. The van der Waals surface area contributed by atoms with Crippen LogP contribution in [0.15, 0.2) is 22.7 Å². The number of carbonyl (C=O) groups is 1. The number of hydrogen-bond donors (Lipinski definition) is 2. The van der Waals surface area contributed by atoms with Crippen molar-refractivity contribution in [2.75, 3.05) is 13.7 Å². The highest BCUT2D eigenvalue weighted by atomic mass is 79.9. The van der Waals surface area contributed by atoms with Crippen LogP contribution in [-0.2, 0) is 11.3 Å². The van der Waals surface area contributed by atoms with Gasteiger partial charge < -0.3 is 15.4 Å². The molecule has 0 saturated carbocycles. The largest absolute Gasteiger partial charge is 0.483 e. The van der Waals surface area contributed by atoms with Crippen molar-refractivity contribution in [1.29, 1.82) is 0 Å². The highest BCUT2D eigenvalue weighted by molar-refractivity contribution is 9.10. The topological polar surface area (TPSA) is 50.4 Å². The highest BCUT2D eigenvalue weighted by Gasteiger charge is 2.08. The summed E-state index contributed by atoms with van der Waals surface area (Å²) in [7, 11) is 1.87. The summed E-state index contributed by atoms with van der Waals surface area (Å²) in [5.41, 5.74) is 1.02. The average Bonchev–Trinajstić information content (AvgIpc) is 2.27. The van der Waals surface area contributed by atoms with Crippen molar-refractivity contribution in [3.8, 4) is 5.75 Å². The van der Waals surface area contributed by atoms with Gasteiger partial charge in [0.15, 0.2) is 6.61 Å². The van der Waals surface area contributed by atoms with Crippen molar-refractivity contribution in [1.82, 2.24) is 10.6 Å². The number of hydrogen-bond acceptors (Lipinski definition) is 3. The normalized spacial score (nSPS) is 10.5. The lowest BCUT2D eigenvalue weighted by molar-refractivity contribution is -0.123. The molecule has 4 nitrogen and oxygen atoms in total. The summed E-state index contributed by atoms with van der Waals surface area (Å²) in [5.74, 6) is 0.620. The number of halogens is 1. The molecular weight excluding hydrogens is 296 g/mol. The first-order valence-corrected chi connectivity index (χ1v) is 6.67. The maximum absolute atomic E-state index is 11.5. The molecule has 0 aliphatic rings. The number of carbonyl (C=O) groups excluding carboxylic acids is 1. The maximum atomic E-state index is 11.5. The third kappa shape index (κ3) is 5.06. The number of rotatable bonds is 6. The summed E-state index contributed by atoms with van der Waals surface area (Å²) >= 11 is 3.42. The maximum Gasteiger partial charge on any atom is 0.258 e. The van der Waals surface area contributed by atoms with E-state index in [1.165, 1.54) is 0 Å². The number of amides is 1. The predicted molar refractivity (Wildman–Crippen MR) is 75.7 cm³/mol. The van der Waals surface area contributed by atoms with Crippen molar-refractivity contribution < 1.29 is 9.53 Å². The van der Waals surface area contributed by atoms with Crippen LogP contribution in [0.2, 0.25) is 0 Å². The summed E-state index contributed by atoms with van der Waals surface area (Å²) in [6.45, 7) is 4.57. The van der Waals surface area contributed by atoms with Crippen molar-refractivity contribution in [3.63, 3.8) is 0 Å². The van der Waals surface area contributed by atoms with E-state index >= 15 is 0 Å². The Hall–Kier alpha value is -1.07. The van der Waals surface area contributed by atoms with Gasteiger partial charge in [0.2, 0.25) is 0 Å². The van der Waals surface area contributed by atoms with Crippen LogP contribution >= 0.6 is 15.9 Å². The van der Waals surface area contributed by atoms with Gasteiger partial charge in [0, 0.05) is 22.6 Å². The molecule has 1 amide bonds. The zero-order valence-corrected chi connectivity index (χ0v) is 12.5. The molecule has 0 unspecified atom stereocenters. The van der Waals surface area contributed by atoms with Crippen LogP contribution < -0.4 is 15.4 Å². The molecule has 0 fully saturated rings. The molecule has 0 bridgehead atoms. The van der Waals surface area contributed by atoms with E-state index in [1.54, 1.807) is 0 Å². The molecule has 5 heteroatoms. The molecule has 0 saturated heterocycles. The first-order valence-electron chi connectivity index (χ1n) is 5.88. The Labute approximate surface area is 116 Å². The van der Waals surface area contributed by atoms with Crippen LogP contribution in [0.5, 0.6) is 5.75 Å². The molecule has 0 atom stereocenters. The second-order valence-electron chi connectivity index (χ2n) is 4.29. The van der Waals surface area contributed by atoms with Crippen molar-refractivity contribution >= 4 is 21.8 Å². The lowest BCUT2D eigenvalue weighted by Gasteiger charge is -2.13. The van der Waals surface area contributed by atoms with Crippen LogP contribution in [-0.4, -0.2) is 25.6 Å². The van der Waals surface area contributed by atoms with E-state index in [1.807, 2.05) is 39.1 Å². The summed E-state index contributed by atoms with van der Waals surface area (Å²) in [5, 5.41) is 5.86. The van der Waals surface area contributed by atoms with E-state index in [9.17, 15) is 4.79 Å². The van der Waals surface area contributed by atoms with Gasteiger partial charge in [0.1, 0.15) is 5.75 Å². The lowest BCUT2D eigenvalue weighted by atomic mass is 10.2. The van der Waals surface area contributed by atoms with Gasteiger partial charge in [-0.1, -0.05) is 15.9 Å². The van der Waals surface area contributed by atoms with Gasteiger partial charge >= 0.3 is 0 Å². The Morgan fingerprint density at radius 1 is 1.44 bits per heavy atom. The summed E-state index contributed by atoms with van der Waals surface area (Å²) in [6, 6.07) is 5.86. The van der Waals surface area contributed by atoms with E-state index in [4.69, 9.17) is 4.74 Å². The Bertz CT molecular complexity index is 408. The Balaban J connectivity index is 2.63. The van der Waals surface area contributed by atoms with Crippen LogP contribution in [0.1, 0.15) is 19.4 Å². The zero-order chi connectivity index (χ0) is 13.5. The standard InChI is InChI=1S/C13H19BrN2O2/c1-9(2)16-13(17)8-18-12-5-4-11(14)6-10(12)7-15-3/h4-6,9,15H,7-8H2,1-3H3,(H,16,17). The second-order valence-corrected chi connectivity index (χ2v) is 5.21. The molecule has 0 radical (unpaired) electrons. The molecule has 0 aliphatic heterocycles. The van der Waals surface area contributed by atoms with Crippen LogP contribution in [0, 0.1) is 0 Å². The monoisotopic (exact) mass is 314 g/mol. The van der Waals surface area contributed by atoms with E-state index in [0.29, 0.717) is 6.54 Å². The minimum absolute atomic E-state index is 0.0382. The molecule has 1 rings (SSSR count). The van der Waals surface area contributed by atoms with Crippen LogP contribution in [0.4, 0.5) is 0 Å². The van der Waals surface area contributed by atoms with Crippen molar-refractivity contribution in [2.24, 2.45) is 0 Å². The Kier molecular flexibility index (Phi) is 6.15. The minimum Gasteiger partial charge on any atom is -0.483 e. The molecule has 0 spiro atoms. The number of nitrogens with one attached hydrogen (secondary N) is 2. The first-order chi connectivity index (χ1) is 8.52. The molecule has 100 valence electrons. The van der Waals surface area contributed by atoms with E-state index in [2.05, 4.69) is 26.6 Å². The van der Waals surface area contributed by atoms with Gasteiger partial charge in [0.05, 0.1) is 0 Å². The summed E-state index contributed by atoms with van der Waals surface area (Å²) in [6.07, 6.45) is 0. The molecule has 18 heavy (non-hydrogen) atoms. The highest BCUT2D eigenvalue weighted by Crippen LogP contribution is 2.23. The molecule has 1 aromatic carbocycles. The number of benzene rings is 1. The second kappa shape index (κ2) is 7.38. The Morgan fingerprint density at radius 3 is 2.78 bits per heavy atom. The van der Waals surface area contributed by atoms with Crippen molar-refractivity contribution in [3.05, 3.63) is 28.2 Å². The van der Waals surface area contributed by atoms with Gasteiger partial charge in [0.25, 0.3) is 5.91 Å². The van der Waals surface area contributed by atoms with Gasteiger partial charge in [-0.25, -0.2) is 0 Å². The van der Waals surface area contributed by atoms with Gasteiger partial charge in [-0.05, 0) is 39.1 Å². The SMILES string of the molecule is CNCc1cc(Br)ccc1OCC(=O)NC(C)C. The average molecular weight is 315 g/mol. The summed E-state index contributed by atoms with van der Waals surface area (Å²) in [4.78, 5) is 11.5. The van der Waals surface area contributed by atoms with Gasteiger partial charge in [-0.15, -0.1) is 0 Å². The third-order valence-corrected chi connectivity index (χ3v) is 2.69. The van der Waals surface area contributed by atoms with Crippen LogP contribution in [0.3, 0.4) is 0 Å². The van der Waals surface area contributed by atoms with Gasteiger partial charge in [-0.2, -0.15) is 0 Å². The van der Waals surface area contributed by atoms with Crippen molar-refractivity contribution in [2.45, 2.75) is 26.4 Å². The van der Waals surface area contributed by atoms with E-state index in [0.717, 1.165) is 15.8 Å². The fourth-order valence-corrected chi connectivity index (χ4v) is 1.93.